The third-order valence-electron chi connectivity index (χ3n) is 6.11. The van der Waals surface area contributed by atoms with E-state index in [1.54, 1.807) is 0 Å². The molecule has 0 bridgehead atoms. The second-order valence-corrected chi connectivity index (χ2v) is 8.43. The molecular formula is C26H21N3OS. The number of hydrogen-bond donors (Lipinski definition) is 0. The zero-order chi connectivity index (χ0) is 20.8. The summed E-state index contributed by atoms with van der Waals surface area (Å²) in [4.78, 5) is 12.2. The first-order valence-electron chi connectivity index (χ1n) is 10.8. The van der Waals surface area contributed by atoms with Gasteiger partial charge in [-0.2, -0.15) is 0 Å². The summed E-state index contributed by atoms with van der Waals surface area (Å²) in [6.45, 7) is 1.94. The summed E-state index contributed by atoms with van der Waals surface area (Å²) < 4.78 is 6.02. The van der Waals surface area contributed by atoms with Crippen LogP contribution in [-0.4, -0.2) is 33.1 Å². The molecule has 0 aliphatic carbocycles. The van der Waals surface area contributed by atoms with Crippen LogP contribution >= 0.6 is 12.2 Å². The fourth-order valence-electron chi connectivity index (χ4n) is 4.56. The van der Waals surface area contributed by atoms with Crippen LogP contribution in [0.2, 0.25) is 0 Å². The maximum Gasteiger partial charge on any atom is 0.264 e. The summed E-state index contributed by atoms with van der Waals surface area (Å²) in [7, 11) is 0. The molecule has 1 aromatic heterocycles. The van der Waals surface area contributed by atoms with E-state index in [9.17, 15) is 0 Å². The van der Waals surface area contributed by atoms with Gasteiger partial charge in [0.1, 0.15) is 5.75 Å². The number of likely N-dealkylation sites (tertiary alicyclic amines) is 1. The Kier molecular flexibility index (Phi) is 4.42. The van der Waals surface area contributed by atoms with Crippen LogP contribution in [0.5, 0.6) is 5.75 Å². The molecule has 31 heavy (non-hydrogen) atoms. The molecule has 0 unspecified atom stereocenters. The summed E-state index contributed by atoms with van der Waals surface area (Å²) in [6, 6.07) is 22.7. The molecule has 5 heteroatoms. The lowest BCUT2D eigenvalue weighted by atomic mass is 9.99. The van der Waals surface area contributed by atoms with E-state index in [0.717, 1.165) is 45.9 Å². The first-order chi connectivity index (χ1) is 15.3. The third kappa shape index (κ3) is 3.17. The van der Waals surface area contributed by atoms with Crippen molar-refractivity contribution >= 4 is 61.0 Å². The van der Waals surface area contributed by atoms with Gasteiger partial charge in [0.15, 0.2) is 0 Å². The molecule has 0 amide bonds. The lowest BCUT2D eigenvalue weighted by Crippen LogP contribution is -2.37. The molecule has 0 spiro atoms. The van der Waals surface area contributed by atoms with Crippen molar-refractivity contribution in [1.82, 2.24) is 14.9 Å². The van der Waals surface area contributed by atoms with E-state index in [2.05, 4.69) is 53.4 Å². The average Bonchev–Trinajstić information content (AvgIpc) is 2.84. The van der Waals surface area contributed by atoms with Crippen LogP contribution in [0, 0.1) is 0 Å². The highest BCUT2D eigenvalue weighted by Crippen LogP contribution is 2.34. The average molecular weight is 424 g/mol. The van der Waals surface area contributed by atoms with Crippen LogP contribution in [-0.2, 0) is 0 Å². The number of piperidine rings is 1. The van der Waals surface area contributed by atoms with Gasteiger partial charge in [-0.05, 0) is 54.4 Å². The minimum absolute atomic E-state index is 0.546. The predicted molar refractivity (Wildman–Crippen MR) is 131 cm³/mol. The first kappa shape index (κ1) is 18.5. The third-order valence-corrected chi connectivity index (χ3v) is 6.45. The van der Waals surface area contributed by atoms with Crippen molar-refractivity contribution in [3.05, 3.63) is 66.7 Å². The Morgan fingerprint density at radius 3 is 1.94 bits per heavy atom. The molecule has 2 heterocycles. The van der Waals surface area contributed by atoms with Crippen molar-refractivity contribution in [2.24, 2.45) is 0 Å². The molecule has 6 rings (SSSR count). The topological polar surface area (TPSA) is 38.3 Å². The van der Waals surface area contributed by atoms with Gasteiger partial charge in [0.05, 0.1) is 22.1 Å². The number of benzene rings is 4. The molecule has 5 aromatic rings. The molecule has 1 fully saturated rings. The highest BCUT2D eigenvalue weighted by Gasteiger charge is 2.16. The predicted octanol–water partition coefficient (Wildman–Crippen LogP) is 6.24. The fourth-order valence-corrected chi connectivity index (χ4v) is 4.84. The maximum absolute atomic E-state index is 6.02. The Bertz CT molecular complexity index is 1470. The quantitative estimate of drug-likeness (QED) is 0.181. The number of nitrogens with zero attached hydrogens (tertiary/aromatic N) is 3. The Labute approximate surface area is 185 Å². The van der Waals surface area contributed by atoms with Crippen LogP contribution in [0.15, 0.2) is 66.7 Å². The standard InChI is InChI=1S/C26H21N3OS/c31-26(29-14-6-1-7-15-29)30-17-12-13-22-23(16-17)28-25-21-11-5-3-9-19(21)18-8-2-4-10-20(18)24(25)27-22/h2-5,8-13,16H,1,6-7,14-15H2. The van der Waals surface area contributed by atoms with Crippen molar-refractivity contribution in [2.45, 2.75) is 19.3 Å². The highest BCUT2D eigenvalue weighted by molar-refractivity contribution is 7.80. The van der Waals surface area contributed by atoms with Gasteiger partial charge < -0.3 is 9.64 Å². The van der Waals surface area contributed by atoms with E-state index >= 15 is 0 Å². The van der Waals surface area contributed by atoms with Gasteiger partial charge in [0.25, 0.3) is 5.17 Å². The van der Waals surface area contributed by atoms with E-state index < -0.39 is 0 Å². The lowest BCUT2D eigenvalue weighted by molar-refractivity contribution is 0.300. The van der Waals surface area contributed by atoms with Gasteiger partial charge in [0, 0.05) is 29.9 Å². The summed E-state index contributed by atoms with van der Waals surface area (Å²) >= 11 is 5.54. The highest BCUT2D eigenvalue weighted by atomic mass is 32.1. The van der Waals surface area contributed by atoms with Crippen LogP contribution < -0.4 is 4.74 Å². The molecule has 4 aromatic carbocycles. The summed E-state index contributed by atoms with van der Waals surface area (Å²) in [5, 5.41) is 5.17. The van der Waals surface area contributed by atoms with Crippen molar-refractivity contribution in [3.8, 4) is 5.75 Å². The SMILES string of the molecule is S=C(Oc1ccc2nc3c4ccccc4c4ccccc4c3nc2c1)N1CCCCC1. The molecular weight excluding hydrogens is 402 g/mol. The molecule has 4 nitrogen and oxygen atoms in total. The van der Waals surface area contributed by atoms with Gasteiger partial charge in [-0.3, -0.25) is 0 Å². The zero-order valence-electron chi connectivity index (χ0n) is 17.0. The molecule has 0 radical (unpaired) electrons. The summed E-state index contributed by atoms with van der Waals surface area (Å²) in [5.74, 6) is 0.710. The van der Waals surface area contributed by atoms with Crippen molar-refractivity contribution in [3.63, 3.8) is 0 Å². The number of fused-ring (bicyclic) bond motifs is 7. The number of ether oxygens (including phenoxy) is 1. The molecule has 1 saturated heterocycles. The lowest BCUT2D eigenvalue weighted by Gasteiger charge is -2.28. The Hall–Kier alpha value is -3.31. The van der Waals surface area contributed by atoms with Gasteiger partial charge in [-0.25, -0.2) is 9.97 Å². The number of hydrogen-bond acceptors (Lipinski definition) is 4. The molecule has 152 valence electrons. The largest absolute Gasteiger partial charge is 0.432 e. The minimum atomic E-state index is 0.546. The summed E-state index contributed by atoms with van der Waals surface area (Å²) in [5.41, 5.74) is 3.51. The number of thiocarbonyl (C=S) groups is 1. The van der Waals surface area contributed by atoms with Crippen LogP contribution in [0.3, 0.4) is 0 Å². The van der Waals surface area contributed by atoms with Crippen molar-refractivity contribution in [1.29, 1.82) is 0 Å². The first-order valence-corrected chi connectivity index (χ1v) is 11.2. The van der Waals surface area contributed by atoms with E-state index in [1.807, 2.05) is 18.2 Å². The number of aromatic nitrogens is 2. The van der Waals surface area contributed by atoms with Crippen molar-refractivity contribution < 1.29 is 4.74 Å². The molecule has 0 saturated carbocycles. The Morgan fingerprint density at radius 2 is 1.29 bits per heavy atom. The number of rotatable bonds is 1. The van der Waals surface area contributed by atoms with Crippen LogP contribution in [0.25, 0.3) is 43.6 Å². The second-order valence-electron chi connectivity index (χ2n) is 8.08. The van der Waals surface area contributed by atoms with E-state index in [-0.39, 0.29) is 0 Å². The van der Waals surface area contributed by atoms with E-state index in [1.165, 1.54) is 30.0 Å². The van der Waals surface area contributed by atoms with E-state index in [0.29, 0.717) is 10.9 Å². The molecule has 0 atom stereocenters. The van der Waals surface area contributed by atoms with Gasteiger partial charge >= 0.3 is 0 Å². The summed E-state index contributed by atoms with van der Waals surface area (Å²) in [6.07, 6.45) is 3.60. The normalized spacial score (nSPS) is 14.5. The van der Waals surface area contributed by atoms with Gasteiger partial charge in [-0.1, -0.05) is 48.5 Å². The Balaban J connectivity index is 1.51. The van der Waals surface area contributed by atoms with Crippen molar-refractivity contribution in [2.75, 3.05) is 13.1 Å². The van der Waals surface area contributed by atoms with E-state index in [4.69, 9.17) is 26.9 Å². The van der Waals surface area contributed by atoms with Gasteiger partial charge in [0.2, 0.25) is 0 Å². The monoisotopic (exact) mass is 423 g/mol. The Morgan fingerprint density at radius 1 is 0.710 bits per heavy atom. The zero-order valence-corrected chi connectivity index (χ0v) is 17.9. The smallest absolute Gasteiger partial charge is 0.264 e. The maximum atomic E-state index is 6.02. The minimum Gasteiger partial charge on any atom is -0.432 e. The fraction of sp³-hybridized carbons (Fsp3) is 0.192. The molecule has 1 aliphatic heterocycles. The van der Waals surface area contributed by atoms with Crippen LogP contribution in [0.1, 0.15) is 19.3 Å². The van der Waals surface area contributed by atoms with Crippen LogP contribution in [0.4, 0.5) is 0 Å². The van der Waals surface area contributed by atoms with Gasteiger partial charge in [-0.15, -0.1) is 0 Å². The molecule has 0 N–H and O–H groups in total. The molecule has 1 aliphatic rings. The second kappa shape index (κ2) is 7.43.